The highest BCUT2D eigenvalue weighted by atomic mass is 16.5. The Labute approximate surface area is 130 Å². The fraction of sp³-hybridized carbons (Fsp3) is 0.467. The Morgan fingerprint density at radius 3 is 2.64 bits per heavy atom. The number of nitrogens with zero attached hydrogens (tertiary/aromatic N) is 1. The van der Waals surface area contributed by atoms with Crippen molar-refractivity contribution >= 4 is 17.5 Å². The van der Waals surface area contributed by atoms with Crippen molar-refractivity contribution in [2.75, 3.05) is 39.7 Å². The average molecular weight is 309 g/mol. The van der Waals surface area contributed by atoms with Crippen LogP contribution in [0, 0.1) is 6.92 Å². The Morgan fingerprint density at radius 2 is 2.05 bits per heavy atom. The van der Waals surface area contributed by atoms with E-state index < -0.39 is 6.04 Å². The summed E-state index contributed by atoms with van der Waals surface area (Å²) < 4.78 is 10.4. The number of amides is 2. The van der Waals surface area contributed by atoms with Gasteiger partial charge in [-0.2, -0.15) is 0 Å². The molecule has 1 atom stereocenters. The molecule has 0 aromatic heterocycles. The zero-order valence-corrected chi connectivity index (χ0v) is 13.4. The highest BCUT2D eigenvalue weighted by Gasteiger charge is 2.16. The van der Waals surface area contributed by atoms with E-state index in [1.165, 1.54) is 12.0 Å². The molecule has 0 bridgehead atoms. The number of benzene rings is 1. The van der Waals surface area contributed by atoms with Crippen molar-refractivity contribution in [2.24, 2.45) is 5.73 Å². The first-order chi connectivity index (χ1) is 10.3. The molecule has 2 amide bonds. The number of hydrogen-bond donors (Lipinski definition) is 2. The van der Waals surface area contributed by atoms with Crippen molar-refractivity contribution in [2.45, 2.75) is 13.0 Å². The van der Waals surface area contributed by atoms with Crippen LogP contribution in [0.5, 0.6) is 5.75 Å². The maximum absolute atomic E-state index is 11.9. The summed E-state index contributed by atoms with van der Waals surface area (Å²) in [6.07, 6.45) is 0. The molecule has 7 heteroatoms. The molecular formula is C15H23N3O4. The Bertz CT molecular complexity index is 532. The predicted molar refractivity (Wildman–Crippen MR) is 83.8 cm³/mol. The molecule has 0 heterocycles. The number of methoxy groups -OCH3 is 1. The molecule has 1 aromatic carbocycles. The van der Waals surface area contributed by atoms with Gasteiger partial charge in [0.05, 0.1) is 12.3 Å². The lowest BCUT2D eigenvalue weighted by Gasteiger charge is -2.16. The van der Waals surface area contributed by atoms with Gasteiger partial charge in [0.15, 0.2) is 6.61 Å². The number of ether oxygens (including phenoxy) is 2. The quantitative estimate of drug-likeness (QED) is 0.759. The first-order valence-corrected chi connectivity index (χ1v) is 6.84. The lowest BCUT2D eigenvalue weighted by Crippen LogP contribution is -2.39. The van der Waals surface area contributed by atoms with E-state index in [-0.39, 0.29) is 25.0 Å². The molecule has 0 aliphatic heterocycles. The second kappa shape index (κ2) is 8.35. The standard InChI is InChI=1S/C15H23N3O4/c1-10-5-6-12(17-15(20)11(16)8-21-4)13(7-10)22-9-14(19)18(2)3/h5-7,11H,8-9,16H2,1-4H3,(H,17,20). The molecule has 7 nitrogen and oxygen atoms in total. The topological polar surface area (TPSA) is 93.9 Å². The number of rotatable bonds is 7. The van der Waals surface area contributed by atoms with Crippen molar-refractivity contribution in [1.82, 2.24) is 4.90 Å². The fourth-order valence-corrected chi connectivity index (χ4v) is 1.60. The smallest absolute Gasteiger partial charge is 0.259 e. The van der Waals surface area contributed by atoms with Crippen molar-refractivity contribution in [1.29, 1.82) is 0 Å². The Kier molecular flexibility index (Phi) is 6.81. The molecule has 122 valence electrons. The summed E-state index contributed by atoms with van der Waals surface area (Å²) in [6, 6.07) is 4.52. The van der Waals surface area contributed by atoms with Crippen LogP contribution >= 0.6 is 0 Å². The van der Waals surface area contributed by atoms with E-state index in [0.29, 0.717) is 11.4 Å². The number of carbonyl (C=O) groups is 2. The normalized spacial score (nSPS) is 11.7. The van der Waals surface area contributed by atoms with Crippen molar-refractivity contribution in [3.8, 4) is 5.75 Å². The van der Waals surface area contributed by atoms with Gasteiger partial charge in [-0.15, -0.1) is 0 Å². The summed E-state index contributed by atoms with van der Waals surface area (Å²) in [6.45, 7) is 1.90. The van der Waals surface area contributed by atoms with Gasteiger partial charge >= 0.3 is 0 Å². The summed E-state index contributed by atoms with van der Waals surface area (Å²) in [5.41, 5.74) is 7.10. The van der Waals surface area contributed by atoms with Crippen LogP contribution < -0.4 is 15.8 Å². The maximum atomic E-state index is 11.9. The maximum Gasteiger partial charge on any atom is 0.259 e. The molecule has 0 radical (unpaired) electrons. The first-order valence-electron chi connectivity index (χ1n) is 6.84. The third-order valence-electron chi connectivity index (χ3n) is 2.93. The van der Waals surface area contributed by atoms with E-state index >= 15 is 0 Å². The lowest BCUT2D eigenvalue weighted by atomic mass is 10.2. The zero-order chi connectivity index (χ0) is 16.7. The Balaban J connectivity index is 2.82. The van der Waals surface area contributed by atoms with E-state index in [9.17, 15) is 9.59 Å². The minimum absolute atomic E-state index is 0.108. The summed E-state index contributed by atoms with van der Waals surface area (Å²) >= 11 is 0. The second-order valence-corrected chi connectivity index (χ2v) is 5.13. The number of nitrogens with two attached hydrogens (primary N) is 1. The molecule has 0 saturated carbocycles. The number of hydrogen-bond acceptors (Lipinski definition) is 5. The van der Waals surface area contributed by atoms with Crippen molar-refractivity contribution in [3.05, 3.63) is 23.8 Å². The monoisotopic (exact) mass is 309 g/mol. The summed E-state index contributed by atoms with van der Waals surface area (Å²) in [7, 11) is 4.77. The Hall–Kier alpha value is -2.12. The van der Waals surface area contributed by atoms with Crippen molar-refractivity contribution in [3.63, 3.8) is 0 Å². The highest BCUT2D eigenvalue weighted by Crippen LogP contribution is 2.26. The van der Waals surface area contributed by atoms with Crippen LogP contribution in [0.25, 0.3) is 0 Å². The van der Waals surface area contributed by atoms with Gasteiger partial charge < -0.3 is 25.4 Å². The summed E-state index contributed by atoms with van der Waals surface area (Å²) in [4.78, 5) is 25.0. The number of aryl methyl sites for hydroxylation is 1. The molecule has 0 spiro atoms. The number of nitrogens with one attached hydrogen (secondary N) is 1. The third-order valence-corrected chi connectivity index (χ3v) is 2.93. The number of anilines is 1. The van der Waals surface area contributed by atoms with Crippen LogP contribution in [0.2, 0.25) is 0 Å². The van der Waals surface area contributed by atoms with E-state index in [4.69, 9.17) is 15.2 Å². The minimum atomic E-state index is -0.775. The molecular weight excluding hydrogens is 286 g/mol. The van der Waals surface area contributed by atoms with E-state index in [1.807, 2.05) is 13.0 Å². The molecule has 22 heavy (non-hydrogen) atoms. The molecule has 1 unspecified atom stereocenters. The zero-order valence-electron chi connectivity index (χ0n) is 13.4. The fourth-order valence-electron chi connectivity index (χ4n) is 1.60. The number of likely N-dealkylation sites (N-methyl/N-ethyl adjacent to an activating group) is 1. The van der Waals surface area contributed by atoms with Gasteiger partial charge in [-0.1, -0.05) is 6.07 Å². The van der Waals surface area contributed by atoms with Gasteiger partial charge in [0.2, 0.25) is 5.91 Å². The third kappa shape index (κ3) is 5.34. The number of carbonyl (C=O) groups excluding carboxylic acids is 2. The molecule has 0 aliphatic carbocycles. The first kappa shape index (κ1) is 17.9. The largest absolute Gasteiger partial charge is 0.482 e. The summed E-state index contributed by atoms with van der Waals surface area (Å²) in [5.74, 6) is -0.127. The van der Waals surface area contributed by atoms with E-state index in [2.05, 4.69) is 5.32 Å². The van der Waals surface area contributed by atoms with Crippen molar-refractivity contribution < 1.29 is 19.1 Å². The van der Waals surface area contributed by atoms with Crippen LogP contribution in [0.1, 0.15) is 5.56 Å². The lowest BCUT2D eigenvalue weighted by molar-refractivity contribution is -0.130. The van der Waals surface area contributed by atoms with E-state index in [0.717, 1.165) is 5.56 Å². The molecule has 0 fully saturated rings. The molecule has 0 aliphatic rings. The van der Waals surface area contributed by atoms with Gasteiger partial charge in [0.1, 0.15) is 11.8 Å². The van der Waals surface area contributed by atoms with Crippen LogP contribution in [0.4, 0.5) is 5.69 Å². The highest BCUT2D eigenvalue weighted by molar-refractivity contribution is 5.96. The van der Waals surface area contributed by atoms with E-state index in [1.54, 1.807) is 26.2 Å². The van der Waals surface area contributed by atoms with Gasteiger partial charge in [-0.25, -0.2) is 0 Å². The minimum Gasteiger partial charge on any atom is -0.482 e. The van der Waals surface area contributed by atoms with Crippen LogP contribution in [0.3, 0.4) is 0 Å². The van der Waals surface area contributed by atoms with Crippen LogP contribution in [-0.2, 0) is 14.3 Å². The van der Waals surface area contributed by atoms with Crippen LogP contribution in [-0.4, -0.2) is 57.2 Å². The molecule has 3 N–H and O–H groups in total. The van der Waals surface area contributed by atoms with Crippen LogP contribution in [0.15, 0.2) is 18.2 Å². The average Bonchev–Trinajstić information content (AvgIpc) is 2.46. The molecule has 1 aromatic rings. The van der Waals surface area contributed by atoms with Gasteiger partial charge in [0, 0.05) is 21.2 Å². The summed E-state index contributed by atoms with van der Waals surface area (Å²) in [5, 5.41) is 2.68. The second-order valence-electron chi connectivity index (χ2n) is 5.13. The Morgan fingerprint density at radius 1 is 1.36 bits per heavy atom. The van der Waals surface area contributed by atoms with Gasteiger partial charge in [-0.3, -0.25) is 9.59 Å². The predicted octanol–water partition coefficient (Wildman–Crippen LogP) is 0.374. The molecule has 0 saturated heterocycles. The SMILES string of the molecule is COCC(N)C(=O)Nc1ccc(C)cc1OCC(=O)N(C)C. The van der Waals surface area contributed by atoms with Gasteiger partial charge in [-0.05, 0) is 24.6 Å². The van der Waals surface area contributed by atoms with Gasteiger partial charge in [0.25, 0.3) is 5.91 Å². The molecule has 1 rings (SSSR count).